The first-order valence-corrected chi connectivity index (χ1v) is 7.26. The average Bonchev–Trinajstić information content (AvgIpc) is 2.45. The van der Waals surface area contributed by atoms with Crippen LogP contribution in [0.3, 0.4) is 0 Å². The normalized spacial score (nSPS) is 10.7. The van der Waals surface area contributed by atoms with Crippen LogP contribution in [0.5, 0.6) is 0 Å². The zero-order valence-electron chi connectivity index (χ0n) is 12.6. The molecule has 0 radical (unpaired) electrons. The minimum absolute atomic E-state index is 0.285. The van der Waals surface area contributed by atoms with Gasteiger partial charge < -0.3 is 4.74 Å². The molecular weight excluding hydrogens is 267 g/mol. The largest absolute Gasteiger partial charge is 0.431 e. The van der Waals surface area contributed by atoms with Gasteiger partial charge in [-0.25, -0.2) is 4.39 Å². The van der Waals surface area contributed by atoms with Crippen LogP contribution in [0.4, 0.5) is 4.39 Å². The molecule has 0 amide bonds. The smallest absolute Gasteiger partial charge is 0.307 e. The molecule has 0 saturated heterocycles. The van der Waals surface area contributed by atoms with Gasteiger partial charge >= 0.3 is 5.97 Å². The van der Waals surface area contributed by atoms with Gasteiger partial charge in [0.2, 0.25) is 0 Å². The molecule has 2 nitrogen and oxygen atoms in total. The fraction of sp³-hybridized carbons (Fsp3) is 0.389. The van der Waals surface area contributed by atoms with Gasteiger partial charge in [-0.3, -0.25) is 4.79 Å². The van der Waals surface area contributed by atoms with Crippen LogP contribution < -0.4 is 0 Å². The zero-order chi connectivity index (χ0) is 15.5. The molecule has 0 aromatic heterocycles. The number of carbonyl (C=O) groups is 1. The van der Waals surface area contributed by atoms with Gasteiger partial charge in [0.15, 0.2) is 0 Å². The van der Waals surface area contributed by atoms with Crippen molar-refractivity contribution in [1.29, 1.82) is 0 Å². The molecule has 0 N–H and O–H groups in total. The topological polar surface area (TPSA) is 26.3 Å². The van der Waals surface area contributed by atoms with Gasteiger partial charge in [0.05, 0.1) is 0 Å². The molecule has 3 heteroatoms. The molecule has 0 fully saturated rings. The van der Waals surface area contributed by atoms with E-state index in [2.05, 4.69) is 18.8 Å². The Bertz CT molecular complexity index is 533. The Morgan fingerprint density at radius 3 is 2.57 bits per heavy atom. The average molecular weight is 288 g/mol. The van der Waals surface area contributed by atoms with Crippen molar-refractivity contribution in [1.82, 2.24) is 0 Å². The number of allylic oxidation sites excluding steroid dienone is 2. The van der Waals surface area contributed by atoms with E-state index < -0.39 is 0 Å². The van der Waals surface area contributed by atoms with Crippen molar-refractivity contribution in [3.05, 3.63) is 47.5 Å². The number of rotatable bonds is 6. The highest BCUT2D eigenvalue weighted by Gasteiger charge is 2.01. The second-order valence-electron chi connectivity index (χ2n) is 4.79. The van der Waals surface area contributed by atoms with Gasteiger partial charge in [0.25, 0.3) is 0 Å². The van der Waals surface area contributed by atoms with Gasteiger partial charge in [-0.15, -0.1) is 0 Å². The van der Waals surface area contributed by atoms with Crippen LogP contribution in [0, 0.1) is 17.7 Å². The Morgan fingerprint density at radius 2 is 1.95 bits per heavy atom. The lowest BCUT2D eigenvalue weighted by Crippen LogP contribution is -1.99. The van der Waals surface area contributed by atoms with Gasteiger partial charge in [-0.2, -0.15) is 0 Å². The lowest BCUT2D eigenvalue weighted by atomic mass is 10.1. The maximum absolute atomic E-state index is 12.8. The first-order valence-electron chi connectivity index (χ1n) is 7.26. The summed E-state index contributed by atoms with van der Waals surface area (Å²) in [6.45, 7) is 3.53. The van der Waals surface area contributed by atoms with E-state index in [1.807, 2.05) is 0 Å². The standard InChI is InChI=1S/C18H21FO2/c1-3-4-5-6-9-18(21-15(2)20)10-7-8-16-11-13-17(19)14-12-16/h10-14H,3-6,9H2,1-2H3/b18-10-. The Balaban J connectivity index is 2.64. The summed E-state index contributed by atoms with van der Waals surface area (Å²) in [5.74, 6) is 5.72. The zero-order valence-corrected chi connectivity index (χ0v) is 12.6. The van der Waals surface area contributed by atoms with E-state index in [9.17, 15) is 9.18 Å². The lowest BCUT2D eigenvalue weighted by Gasteiger charge is -2.05. The molecule has 21 heavy (non-hydrogen) atoms. The van der Waals surface area contributed by atoms with E-state index in [1.165, 1.54) is 25.5 Å². The minimum atomic E-state index is -0.333. The Hall–Kier alpha value is -2.08. The predicted octanol–water partition coefficient (Wildman–Crippen LogP) is 4.59. The van der Waals surface area contributed by atoms with E-state index in [0.29, 0.717) is 12.2 Å². The quantitative estimate of drug-likeness (QED) is 0.331. The summed E-state index contributed by atoms with van der Waals surface area (Å²) in [6.07, 6.45) is 6.76. The molecule has 0 heterocycles. The highest BCUT2D eigenvalue weighted by Crippen LogP contribution is 2.11. The number of benzene rings is 1. The number of unbranched alkanes of at least 4 members (excludes halogenated alkanes) is 3. The minimum Gasteiger partial charge on any atom is -0.431 e. The first-order chi connectivity index (χ1) is 10.1. The summed E-state index contributed by atoms with van der Waals surface area (Å²) in [4.78, 5) is 11.1. The van der Waals surface area contributed by atoms with Crippen molar-refractivity contribution >= 4 is 5.97 Å². The number of hydrogen-bond donors (Lipinski definition) is 0. The van der Waals surface area contributed by atoms with Crippen molar-refractivity contribution in [2.24, 2.45) is 0 Å². The molecule has 0 atom stereocenters. The molecule has 0 aliphatic carbocycles. The molecule has 0 aliphatic heterocycles. The van der Waals surface area contributed by atoms with Crippen molar-refractivity contribution in [3.8, 4) is 11.8 Å². The van der Waals surface area contributed by atoms with Gasteiger partial charge in [-0.1, -0.05) is 38.0 Å². The summed E-state index contributed by atoms with van der Waals surface area (Å²) in [5, 5.41) is 0. The summed E-state index contributed by atoms with van der Waals surface area (Å²) in [7, 11) is 0. The Morgan fingerprint density at radius 1 is 1.24 bits per heavy atom. The molecule has 0 unspecified atom stereocenters. The maximum atomic E-state index is 12.8. The summed E-state index contributed by atoms with van der Waals surface area (Å²) >= 11 is 0. The van der Waals surface area contributed by atoms with Gasteiger partial charge in [0, 0.05) is 25.0 Å². The number of ether oxygens (including phenoxy) is 1. The monoisotopic (exact) mass is 288 g/mol. The Labute approximate surface area is 126 Å². The summed E-state index contributed by atoms with van der Waals surface area (Å²) in [5.41, 5.74) is 0.723. The van der Waals surface area contributed by atoms with Gasteiger partial charge in [-0.05, 0) is 30.7 Å². The molecule has 0 spiro atoms. The number of hydrogen-bond acceptors (Lipinski definition) is 2. The molecule has 1 aromatic carbocycles. The fourth-order valence-electron chi connectivity index (χ4n) is 1.80. The van der Waals surface area contributed by atoms with Crippen molar-refractivity contribution in [2.45, 2.75) is 46.0 Å². The third kappa shape index (κ3) is 7.94. The number of carbonyl (C=O) groups excluding carboxylic acids is 1. The van der Waals surface area contributed by atoms with Crippen LogP contribution in [-0.4, -0.2) is 5.97 Å². The molecule has 0 aliphatic rings. The SMILES string of the molecule is CCCCCC/C(=C/C#Cc1ccc(F)cc1)OC(C)=O. The van der Waals surface area contributed by atoms with E-state index in [4.69, 9.17) is 4.74 Å². The lowest BCUT2D eigenvalue weighted by molar-refractivity contribution is -0.137. The second kappa shape index (κ2) is 9.77. The van der Waals surface area contributed by atoms with E-state index >= 15 is 0 Å². The van der Waals surface area contributed by atoms with Crippen LogP contribution in [0.1, 0.15) is 51.5 Å². The van der Waals surface area contributed by atoms with Crippen LogP contribution in [0.15, 0.2) is 36.1 Å². The predicted molar refractivity (Wildman–Crippen MR) is 81.9 cm³/mol. The number of esters is 1. The molecule has 1 aromatic rings. The molecular formula is C18H21FO2. The second-order valence-corrected chi connectivity index (χ2v) is 4.79. The molecule has 1 rings (SSSR count). The molecule has 112 valence electrons. The summed E-state index contributed by atoms with van der Waals surface area (Å²) < 4.78 is 17.9. The third-order valence-electron chi connectivity index (χ3n) is 2.85. The first kappa shape index (κ1) is 17.0. The summed E-state index contributed by atoms with van der Waals surface area (Å²) in [6, 6.07) is 5.96. The van der Waals surface area contributed by atoms with E-state index in [1.54, 1.807) is 18.2 Å². The number of halogens is 1. The maximum Gasteiger partial charge on any atom is 0.307 e. The fourth-order valence-corrected chi connectivity index (χ4v) is 1.80. The van der Waals surface area contributed by atoms with Crippen LogP contribution >= 0.6 is 0 Å². The van der Waals surface area contributed by atoms with Crippen LogP contribution in [0.25, 0.3) is 0 Å². The van der Waals surface area contributed by atoms with Crippen molar-refractivity contribution in [2.75, 3.05) is 0 Å². The third-order valence-corrected chi connectivity index (χ3v) is 2.85. The highest BCUT2D eigenvalue weighted by molar-refractivity contribution is 5.67. The van der Waals surface area contributed by atoms with E-state index in [0.717, 1.165) is 24.8 Å². The van der Waals surface area contributed by atoms with Crippen LogP contribution in [0.2, 0.25) is 0 Å². The molecule has 0 saturated carbocycles. The van der Waals surface area contributed by atoms with Crippen LogP contribution in [-0.2, 0) is 9.53 Å². The Kier molecular flexibility index (Phi) is 7.89. The van der Waals surface area contributed by atoms with Crippen molar-refractivity contribution in [3.63, 3.8) is 0 Å². The molecule has 0 bridgehead atoms. The highest BCUT2D eigenvalue weighted by atomic mass is 19.1. The van der Waals surface area contributed by atoms with Gasteiger partial charge in [0.1, 0.15) is 11.6 Å². The van der Waals surface area contributed by atoms with Crippen molar-refractivity contribution < 1.29 is 13.9 Å². The van der Waals surface area contributed by atoms with E-state index in [-0.39, 0.29) is 11.8 Å².